The van der Waals surface area contributed by atoms with Gasteiger partial charge < -0.3 is 5.32 Å². The second kappa shape index (κ2) is 5.77. The van der Waals surface area contributed by atoms with E-state index < -0.39 is 0 Å². The maximum absolute atomic E-state index is 4.40. The molecule has 0 aliphatic rings. The molecule has 2 heterocycles. The Bertz CT molecular complexity index is 526. The molecule has 94 valence electrons. The summed E-state index contributed by atoms with van der Waals surface area (Å²) in [5.74, 6) is 0.645. The average molecular weight is 261 g/mol. The molecule has 0 aliphatic heterocycles. The lowest BCUT2D eigenvalue weighted by atomic mass is 10.4. The van der Waals surface area contributed by atoms with E-state index in [1.807, 2.05) is 26.8 Å². The van der Waals surface area contributed by atoms with Crippen molar-refractivity contribution in [2.75, 3.05) is 11.9 Å². The lowest BCUT2D eigenvalue weighted by molar-refractivity contribution is 0.935. The fourth-order valence-corrected chi connectivity index (χ4v) is 2.12. The minimum Gasteiger partial charge on any atom is -0.354 e. The van der Waals surface area contributed by atoms with Gasteiger partial charge in [0.1, 0.15) is 5.03 Å². The Balaban J connectivity index is 2.20. The van der Waals surface area contributed by atoms with Gasteiger partial charge in [-0.15, -0.1) is 0 Å². The summed E-state index contributed by atoms with van der Waals surface area (Å²) in [5, 5.41) is 4.65. The molecule has 0 aliphatic carbocycles. The number of nitrogens with zero attached hydrogens (tertiary/aromatic N) is 4. The zero-order chi connectivity index (χ0) is 13.0. The van der Waals surface area contributed by atoms with Gasteiger partial charge in [0, 0.05) is 24.6 Å². The van der Waals surface area contributed by atoms with Crippen molar-refractivity contribution in [3.63, 3.8) is 0 Å². The molecule has 18 heavy (non-hydrogen) atoms. The molecular weight excluding hydrogens is 246 g/mol. The van der Waals surface area contributed by atoms with E-state index in [0.717, 1.165) is 22.8 Å². The Labute approximate surface area is 110 Å². The van der Waals surface area contributed by atoms with E-state index in [2.05, 4.69) is 25.3 Å². The molecule has 0 saturated heterocycles. The van der Waals surface area contributed by atoms with Crippen LogP contribution in [0, 0.1) is 13.8 Å². The number of hydrogen-bond acceptors (Lipinski definition) is 6. The summed E-state index contributed by atoms with van der Waals surface area (Å²) < 4.78 is 0. The number of rotatable bonds is 4. The SMILES string of the molecule is CCNc1nc(C)cc(Sc2ncc(C)cn2)n1. The molecule has 6 heteroatoms. The highest BCUT2D eigenvalue weighted by Gasteiger charge is 2.05. The van der Waals surface area contributed by atoms with Gasteiger partial charge in [-0.3, -0.25) is 0 Å². The Hall–Kier alpha value is -1.69. The van der Waals surface area contributed by atoms with Crippen molar-refractivity contribution in [3.8, 4) is 0 Å². The van der Waals surface area contributed by atoms with Gasteiger partial charge in [0.25, 0.3) is 0 Å². The molecule has 0 radical (unpaired) electrons. The molecule has 2 aromatic rings. The van der Waals surface area contributed by atoms with Crippen molar-refractivity contribution in [1.29, 1.82) is 0 Å². The Morgan fingerprint density at radius 2 is 1.89 bits per heavy atom. The largest absolute Gasteiger partial charge is 0.354 e. The van der Waals surface area contributed by atoms with E-state index in [9.17, 15) is 0 Å². The standard InChI is InChI=1S/C12H15N5S/c1-4-13-11-16-9(3)5-10(17-11)18-12-14-6-8(2)7-15-12/h5-7H,4H2,1-3H3,(H,13,16,17). The van der Waals surface area contributed by atoms with Gasteiger partial charge in [-0.25, -0.2) is 19.9 Å². The summed E-state index contributed by atoms with van der Waals surface area (Å²) in [4.78, 5) is 17.2. The lowest BCUT2D eigenvalue weighted by Gasteiger charge is -2.05. The molecule has 1 N–H and O–H groups in total. The second-order valence-corrected chi connectivity index (χ2v) is 4.83. The Kier molecular flexibility index (Phi) is 4.09. The summed E-state index contributed by atoms with van der Waals surface area (Å²) in [6.07, 6.45) is 3.60. The highest BCUT2D eigenvalue weighted by Crippen LogP contribution is 2.23. The number of anilines is 1. The van der Waals surface area contributed by atoms with Crippen molar-refractivity contribution in [2.45, 2.75) is 31.0 Å². The van der Waals surface area contributed by atoms with E-state index in [1.54, 1.807) is 12.4 Å². The molecule has 0 fully saturated rings. The van der Waals surface area contributed by atoms with Gasteiger partial charge in [0.15, 0.2) is 5.16 Å². The van der Waals surface area contributed by atoms with Crippen molar-refractivity contribution >= 4 is 17.7 Å². The van der Waals surface area contributed by atoms with Crippen LogP contribution < -0.4 is 5.32 Å². The maximum atomic E-state index is 4.40. The Morgan fingerprint density at radius 3 is 2.56 bits per heavy atom. The fourth-order valence-electron chi connectivity index (χ4n) is 1.36. The molecule has 0 atom stereocenters. The van der Waals surface area contributed by atoms with Gasteiger partial charge >= 0.3 is 0 Å². The van der Waals surface area contributed by atoms with Crippen LogP contribution in [0.2, 0.25) is 0 Å². The maximum Gasteiger partial charge on any atom is 0.223 e. The molecule has 0 aromatic carbocycles. The average Bonchev–Trinajstić information content (AvgIpc) is 2.32. The third-order valence-corrected chi connectivity index (χ3v) is 2.93. The van der Waals surface area contributed by atoms with Crippen LogP contribution in [0.5, 0.6) is 0 Å². The zero-order valence-electron chi connectivity index (χ0n) is 10.6. The van der Waals surface area contributed by atoms with E-state index in [0.29, 0.717) is 11.1 Å². The van der Waals surface area contributed by atoms with Crippen LogP contribution in [-0.4, -0.2) is 26.5 Å². The highest BCUT2D eigenvalue weighted by atomic mass is 32.2. The monoisotopic (exact) mass is 261 g/mol. The van der Waals surface area contributed by atoms with Crippen molar-refractivity contribution in [2.24, 2.45) is 0 Å². The van der Waals surface area contributed by atoms with Crippen molar-refractivity contribution in [3.05, 3.63) is 29.7 Å². The number of aryl methyl sites for hydroxylation is 2. The van der Waals surface area contributed by atoms with Crippen LogP contribution in [0.3, 0.4) is 0 Å². The second-order valence-electron chi connectivity index (χ2n) is 3.85. The minimum atomic E-state index is 0.645. The van der Waals surface area contributed by atoms with Crippen LogP contribution in [-0.2, 0) is 0 Å². The van der Waals surface area contributed by atoms with E-state index >= 15 is 0 Å². The molecular formula is C12H15N5S. The van der Waals surface area contributed by atoms with Gasteiger partial charge in [0.2, 0.25) is 5.95 Å². The topological polar surface area (TPSA) is 63.6 Å². The molecule has 2 rings (SSSR count). The van der Waals surface area contributed by atoms with E-state index in [4.69, 9.17) is 0 Å². The first-order chi connectivity index (χ1) is 8.67. The minimum absolute atomic E-state index is 0.645. The van der Waals surface area contributed by atoms with Crippen LogP contribution in [0.15, 0.2) is 28.6 Å². The van der Waals surface area contributed by atoms with Crippen LogP contribution in [0.4, 0.5) is 5.95 Å². The lowest BCUT2D eigenvalue weighted by Crippen LogP contribution is -2.03. The third-order valence-electron chi connectivity index (χ3n) is 2.12. The zero-order valence-corrected chi connectivity index (χ0v) is 11.5. The van der Waals surface area contributed by atoms with Crippen molar-refractivity contribution < 1.29 is 0 Å². The quantitative estimate of drug-likeness (QED) is 0.674. The number of hydrogen-bond donors (Lipinski definition) is 1. The molecule has 5 nitrogen and oxygen atoms in total. The van der Waals surface area contributed by atoms with Gasteiger partial charge in [-0.2, -0.15) is 0 Å². The molecule has 0 unspecified atom stereocenters. The molecule has 0 saturated carbocycles. The van der Waals surface area contributed by atoms with E-state index in [1.165, 1.54) is 11.8 Å². The van der Waals surface area contributed by atoms with Gasteiger partial charge in [-0.1, -0.05) is 0 Å². The molecule has 0 amide bonds. The smallest absolute Gasteiger partial charge is 0.223 e. The van der Waals surface area contributed by atoms with Gasteiger partial charge in [-0.05, 0) is 44.2 Å². The van der Waals surface area contributed by atoms with E-state index in [-0.39, 0.29) is 0 Å². The number of aromatic nitrogens is 4. The summed E-state index contributed by atoms with van der Waals surface area (Å²) in [5.41, 5.74) is 1.97. The molecule has 0 bridgehead atoms. The highest BCUT2D eigenvalue weighted by molar-refractivity contribution is 7.99. The molecule has 2 aromatic heterocycles. The van der Waals surface area contributed by atoms with Crippen LogP contribution in [0.25, 0.3) is 0 Å². The van der Waals surface area contributed by atoms with Gasteiger partial charge in [0.05, 0.1) is 0 Å². The predicted molar refractivity (Wildman–Crippen MR) is 71.8 cm³/mol. The first kappa shape index (κ1) is 12.8. The summed E-state index contributed by atoms with van der Waals surface area (Å²) in [6.45, 7) is 6.73. The fraction of sp³-hybridized carbons (Fsp3) is 0.333. The summed E-state index contributed by atoms with van der Waals surface area (Å²) >= 11 is 1.44. The number of nitrogens with one attached hydrogen (secondary N) is 1. The molecule has 0 spiro atoms. The first-order valence-corrected chi connectivity index (χ1v) is 6.55. The summed E-state index contributed by atoms with van der Waals surface area (Å²) in [7, 11) is 0. The van der Waals surface area contributed by atoms with Crippen LogP contribution >= 0.6 is 11.8 Å². The summed E-state index contributed by atoms with van der Waals surface area (Å²) in [6, 6.07) is 1.93. The van der Waals surface area contributed by atoms with Crippen LogP contribution in [0.1, 0.15) is 18.2 Å². The normalized spacial score (nSPS) is 10.4. The third kappa shape index (κ3) is 3.40. The Morgan fingerprint density at radius 1 is 1.17 bits per heavy atom. The predicted octanol–water partition coefficient (Wildman–Crippen LogP) is 2.47. The van der Waals surface area contributed by atoms with Crippen molar-refractivity contribution in [1.82, 2.24) is 19.9 Å². The first-order valence-electron chi connectivity index (χ1n) is 5.73.